The summed E-state index contributed by atoms with van der Waals surface area (Å²) in [4.78, 5) is 0. The van der Waals surface area contributed by atoms with Crippen molar-refractivity contribution >= 4 is 0 Å². The molecule has 1 N–H and O–H groups in total. The normalized spacial score (nSPS) is 18.6. The minimum atomic E-state index is -4.72. The number of halogens is 4. The molecule has 1 aromatic rings. The van der Waals surface area contributed by atoms with Crippen LogP contribution in [0.15, 0.2) is 18.2 Å². The Morgan fingerprint density at radius 1 is 1.25 bits per heavy atom. The third-order valence-electron chi connectivity index (χ3n) is 2.71. The van der Waals surface area contributed by atoms with E-state index in [1.807, 2.05) is 0 Å². The zero-order chi connectivity index (χ0) is 11.9. The Hall–Kier alpha value is -1.10. The van der Waals surface area contributed by atoms with Crippen LogP contribution in [0.3, 0.4) is 0 Å². The highest BCUT2D eigenvalue weighted by molar-refractivity contribution is 5.29. The fourth-order valence-corrected chi connectivity index (χ4v) is 1.63. The van der Waals surface area contributed by atoms with Crippen LogP contribution in [0, 0.1) is 11.7 Å². The Balaban J connectivity index is 2.34. The summed E-state index contributed by atoms with van der Waals surface area (Å²) >= 11 is 0. The van der Waals surface area contributed by atoms with Crippen LogP contribution in [0.1, 0.15) is 30.1 Å². The monoisotopic (exact) mass is 234 g/mol. The molecule has 0 aromatic heterocycles. The summed E-state index contributed by atoms with van der Waals surface area (Å²) in [5.74, 6) is -1.29. The first-order valence-corrected chi connectivity index (χ1v) is 4.94. The maximum Gasteiger partial charge on any atom is 0.419 e. The van der Waals surface area contributed by atoms with E-state index in [0.717, 1.165) is 18.9 Å². The van der Waals surface area contributed by atoms with E-state index in [1.165, 1.54) is 6.07 Å². The molecular weight excluding hydrogens is 224 g/mol. The van der Waals surface area contributed by atoms with E-state index in [9.17, 15) is 22.7 Å². The highest BCUT2D eigenvalue weighted by Crippen LogP contribution is 2.42. The van der Waals surface area contributed by atoms with E-state index in [-0.39, 0.29) is 11.5 Å². The molecule has 2 rings (SSSR count). The maximum atomic E-state index is 12.9. The summed E-state index contributed by atoms with van der Waals surface area (Å²) in [5, 5.41) is 9.65. The molecule has 0 heterocycles. The first-order chi connectivity index (χ1) is 7.39. The van der Waals surface area contributed by atoms with Crippen molar-refractivity contribution in [1.29, 1.82) is 0 Å². The second-order valence-electron chi connectivity index (χ2n) is 4.02. The van der Waals surface area contributed by atoms with Gasteiger partial charge in [0.25, 0.3) is 0 Å². The molecule has 1 fully saturated rings. The van der Waals surface area contributed by atoms with Crippen LogP contribution in [0.25, 0.3) is 0 Å². The topological polar surface area (TPSA) is 20.2 Å². The quantitative estimate of drug-likeness (QED) is 0.778. The first kappa shape index (κ1) is 11.4. The van der Waals surface area contributed by atoms with Crippen molar-refractivity contribution < 1.29 is 22.7 Å². The van der Waals surface area contributed by atoms with Crippen LogP contribution < -0.4 is 0 Å². The van der Waals surface area contributed by atoms with Crippen molar-refractivity contribution in [2.45, 2.75) is 25.1 Å². The van der Waals surface area contributed by atoms with Gasteiger partial charge in [-0.25, -0.2) is 4.39 Å². The van der Waals surface area contributed by atoms with Crippen molar-refractivity contribution in [3.63, 3.8) is 0 Å². The van der Waals surface area contributed by atoms with E-state index >= 15 is 0 Å². The highest BCUT2D eigenvalue weighted by Gasteiger charge is 2.36. The molecule has 1 atom stereocenters. The molecule has 0 spiro atoms. The predicted octanol–water partition coefficient (Wildman–Crippen LogP) is 3.29. The molecule has 0 radical (unpaired) electrons. The minimum absolute atomic E-state index is 0.0199. The molecule has 0 saturated heterocycles. The molecule has 0 bridgehead atoms. The van der Waals surface area contributed by atoms with Crippen LogP contribution in [-0.2, 0) is 6.18 Å². The van der Waals surface area contributed by atoms with Gasteiger partial charge >= 0.3 is 6.18 Å². The minimum Gasteiger partial charge on any atom is -0.388 e. The third-order valence-corrected chi connectivity index (χ3v) is 2.71. The highest BCUT2D eigenvalue weighted by atomic mass is 19.4. The number of hydrogen-bond donors (Lipinski definition) is 1. The van der Waals surface area contributed by atoms with E-state index in [2.05, 4.69) is 0 Å². The number of alkyl halides is 3. The number of benzene rings is 1. The smallest absolute Gasteiger partial charge is 0.388 e. The van der Waals surface area contributed by atoms with Crippen molar-refractivity contribution in [3.05, 3.63) is 35.1 Å². The molecule has 1 unspecified atom stereocenters. The van der Waals surface area contributed by atoms with Crippen LogP contribution in [-0.4, -0.2) is 5.11 Å². The summed E-state index contributed by atoms with van der Waals surface area (Å²) in [6, 6.07) is 2.65. The fourth-order valence-electron chi connectivity index (χ4n) is 1.63. The van der Waals surface area contributed by atoms with E-state index in [4.69, 9.17) is 0 Å². The van der Waals surface area contributed by atoms with Gasteiger partial charge in [0.2, 0.25) is 0 Å². The van der Waals surface area contributed by atoms with Gasteiger partial charge in [-0.2, -0.15) is 13.2 Å². The average Bonchev–Trinajstić information content (AvgIpc) is 2.98. The molecule has 16 heavy (non-hydrogen) atoms. The third kappa shape index (κ3) is 2.19. The van der Waals surface area contributed by atoms with Crippen LogP contribution >= 0.6 is 0 Å². The molecule has 1 aliphatic carbocycles. The van der Waals surface area contributed by atoms with Gasteiger partial charge in [0.1, 0.15) is 5.82 Å². The lowest BCUT2D eigenvalue weighted by molar-refractivity contribution is -0.140. The van der Waals surface area contributed by atoms with Gasteiger partial charge in [0.05, 0.1) is 11.7 Å². The SMILES string of the molecule is OC(c1ccc(F)c(C(F)(F)F)c1)C1CC1. The van der Waals surface area contributed by atoms with Crippen LogP contribution in [0.2, 0.25) is 0 Å². The van der Waals surface area contributed by atoms with Crippen LogP contribution in [0.5, 0.6) is 0 Å². The lowest BCUT2D eigenvalue weighted by atomic mass is 10.0. The van der Waals surface area contributed by atoms with Crippen LogP contribution in [0.4, 0.5) is 17.6 Å². The van der Waals surface area contributed by atoms with E-state index in [0.29, 0.717) is 6.07 Å². The van der Waals surface area contributed by atoms with Gasteiger partial charge in [0, 0.05) is 0 Å². The second-order valence-corrected chi connectivity index (χ2v) is 4.02. The number of aliphatic hydroxyl groups is 1. The largest absolute Gasteiger partial charge is 0.419 e. The fraction of sp³-hybridized carbons (Fsp3) is 0.455. The summed E-state index contributed by atoms with van der Waals surface area (Å²) < 4.78 is 50.1. The Morgan fingerprint density at radius 3 is 2.38 bits per heavy atom. The van der Waals surface area contributed by atoms with Crippen molar-refractivity contribution in [3.8, 4) is 0 Å². The summed E-state index contributed by atoms with van der Waals surface area (Å²) in [5.41, 5.74) is -1.18. The molecule has 1 aromatic carbocycles. The molecule has 1 nitrogen and oxygen atoms in total. The second kappa shape index (κ2) is 3.73. The van der Waals surface area contributed by atoms with Gasteiger partial charge in [-0.3, -0.25) is 0 Å². The Morgan fingerprint density at radius 2 is 1.88 bits per heavy atom. The summed E-state index contributed by atoms with van der Waals surface area (Å²) in [6.07, 6.45) is -4.02. The van der Waals surface area contributed by atoms with Gasteiger partial charge in [-0.1, -0.05) is 6.07 Å². The summed E-state index contributed by atoms with van der Waals surface area (Å²) in [6.45, 7) is 0. The van der Waals surface area contributed by atoms with Gasteiger partial charge < -0.3 is 5.11 Å². The Bertz CT molecular complexity index is 395. The number of hydrogen-bond acceptors (Lipinski definition) is 1. The predicted molar refractivity (Wildman–Crippen MR) is 49.1 cm³/mol. The number of rotatable bonds is 2. The Labute approximate surface area is 89.7 Å². The lowest BCUT2D eigenvalue weighted by Crippen LogP contribution is -2.10. The molecule has 1 aliphatic rings. The van der Waals surface area contributed by atoms with Gasteiger partial charge in [-0.15, -0.1) is 0 Å². The zero-order valence-corrected chi connectivity index (χ0v) is 8.26. The molecule has 0 aliphatic heterocycles. The van der Waals surface area contributed by atoms with Crippen molar-refractivity contribution in [1.82, 2.24) is 0 Å². The maximum absolute atomic E-state index is 12.9. The van der Waals surface area contributed by atoms with Crippen molar-refractivity contribution in [2.24, 2.45) is 5.92 Å². The first-order valence-electron chi connectivity index (χ1n) is 4.94. The summed E-state index contributed by atoms with van der Waals surface area (Å²) in [7, 11) is 0. The van der Waals surface area contributed by atoms with Gasteiger partial charge in [0.15, 0.2) is 0 Å². The number of aliphatic hydroxyl groups excluding tert-OH is 1. The average molecular weight is 234 g/mol. The molecular formula is C11H10F4O. The molecule has 1 saturated carbocycles. The lowest BCUT2D eigenvalue weighted by Gasteiger charge is -2.13. The van der Waals surface area contributed by atoms with Crippen molar-refractivity contribution in [2.75, 3.05) is 0 Å². The molecule has 88 valence electrons. The van der Waals surface area contributed by atoms with E-state index < -0.39 is 23.7 Å². The van der Waals surface area contributed by atoms with E-state index in [1.54, 1.807) is 0 Å². The molecule has 0 amide bonds. The Kier molecular flexibility index (Phi) is 2.66. The van der Waals surface area contributed by atoms with Gasteiger partial charge in [-0.05, 0) is 36.5 Å². The standard InChI is InChI=1S/C11H10F4O/c12-9-4-3-7(10(16)6-1-2-6)5-8(9)11(13,14)15/h3-6,10,16H,1-2H2. The zero-order valence-electron chi connectivity index (χ0n) is 8.26. The molecule has 5 heteroatoms.